The van der Waals surface area contributed by atoms with Gasteiger partial charge in [-0.1, -0.05) is 48.4 Å². The number of aliphatic hydroxyl groups is 1. The summed E-state index contributed by atoms with van der Waals surface area (Å²) in [5, 5.41) is 11.0. The molecule has 2 atom stereocenters. The van der Waals surface area contributed by atoms with Crippen LogP contribution < -0.4 is 4.72 Å². The quantitative estimate of drug-likeness (QED) is 0.566. The first kappa shape index (κ1) is 21.1. The maximum absolute atomic E-state index is 12.7. The Kier molecular flexibility index (Phi) is 7.86. The predicted octanol–water partition coefficient (Wildman–Crippen LogP) is 4.03. The fourth-order valence-electron chi connectivity index (χ4n) is 2.68. The summed E-state index contributed by atoms with van der Waals surface area (Å²) in [5.74, 6) is -0.0554. The molecule has 0 spiro atoms. The smallest absolute Gasteiger partial charge is 0.240 e. The standard InChI is InChI=1S/C18H26BrNO3S/c1-5-12-18(21,13-6-2)17(14(4)7-3)20-24(22,23)16-10-8-15(19)9-11-16/h5-6,8-11,14,17,20-21H,1-2,7,12-13H2,3-4H3. The van der Waals surface area contributed by atoms with Crippen molar-refractivity contribution in [1.29, 1.82) is 0 Å². The van der Waals surface area contributed by atoms with Gasteiger partial charge in [0.05, 0.1) is 16.5 Å². The van der Waals surface area contributed by atoms with E-state index >= 15 is 0 Å². The predicted molar refractivity (Wildman–Crippen MR) is 102 cm³/mol. The maximum Gasteiger partial charge on any atom is 0.240 e. The molecule has 0 fully saturated rings. The highest BCUT2D eigenvalue weighted by Crippen LogP contribution is 2.29. The number of nitrogens with one attached hydrogen (secondary N) is 1. The third-order valence-corrected chi connectivity index (χ3v) is 6.18. The summed E-state index contributed by atoms with van der Waals surface area (Å²) in [6.45, 7) is 11.3. The van der Waals surface area contributed by atoms with Crippen LogP contribution in [-0.4, -0.2) is 25.2 Å². The Morgan fingerprint density at radius 3 is 2.17 bits per heavy atom. The van der Waals surface area contributed by atoms with Crippen molar-refractivity contribution in [3.8, 4) is 0 Å². The van der Waals surface area contributed by atoms with Crippen molar-refractivity contribution < 1.29 is 13.5 Å². The number of benzene rings is 1. The van der Waals surface area contributed by atoms with E-state index in [1.165, 1.54) is 12.1 Å². The molecule has 1 aromatic rings. The number of hydrogen-bond acceptors (Lipinski definition) is 3. The first-order chi connectivity index (χ1) is 11.2. The van der Waals surface area contributed by atoms with Crippen LogP contribution in [0.4, 0.5) is 0 Å². The van der Waals surface area contributed by atoms with Gasteiger partial charge in [0.2, 0.25) is 10.0 Å². The van der Waals surface area contributed by atoms with E-state index in [9.17, 15) is 13.5 Å². The number of rotatable bonds is 10. The summed E-state index contributed by atoms with van der Waals surface area (Å²) in [6, 6.07) is 5.76. The van der Waals surface area contributed by atoms with E-state index in [-0.39, 0.29) is 23.7 Å². The largest absolute Gasteiger partial charge is 0.388 e. The lowest BCUT2D eigenvalue weighted by Crippen LogP contribution is -2.55. The zero-order chi connectivity index (χ0) is 18.4. The molecule has 0 radical (unpaired) electrons. The van der Waals surface area contributed by atoms with Gasteiger partial charge in [-0.15, -0.1) is 13.2 Å². The van der Waals surface area contributed by atoms with E-state index in [0.717, 1.165) is 10.9 Å². The van der Waals surface area contributed by atoms with Crippen molar-refractivity contribution in [2.75, 3.05) is 0 Å². The highest BCUT2D eigenvalue weighted by atomic mass is 79.9. The molecule has 0 saturated carbocycles. The third-order valence-electron chi connectivity index (χ3n) is 4.19. The molecule has 0 aromatic heterocycles. The molecule has 2 N–H and O–H groups in total. The number of hydrogen-bond donors (Lipinski definition) is 2. The minimum Gasteiger partial charge on any atom is -0.388 e. The molecule has 0 aliphatic heterocycles. The van der Waals surface area contributed by atoms with Crippen LogP contribution in [0.1, 0.15) is 33.1 Å². The molecule has 0 bridgehead atoms. The molecule has 24 heavy (non-hydrogen) atoms. The average molecular weight is 416 g/mol. The molecule has 0 heterocycles. The van der Waals surface area contributed by atoms with Crippen LogP contribution in [0.25, 0.3) is 0 Å². The number of sulfonamides is 1. The van der Waals surface area contributed by atoms with Crippen LogP contribution in [0.3, 0.4) is 0 Å². The Labute approximate surface area is 153 Å². The lowest BCUT2D eigenvalue weighted by Gasteiger charge is -2.38. The summed E-state index contributed by atoms with van der Waals surface area (Å²) >= 11 is 3.29. The zero-order valence-corrected chi connectivity index (χ0v) is 16.6. The Morgan fingerprint density at radius 1 is 1.25 bits per heavy atom. The van der Waals surface area contributed by atoms with Crippen molar-refractivity contribution in [2.45, 2.75) is 49.6 Å². The van der Waals surface area contributed by atoms with Crippen molar-refractivity contribution in [2.24, 2.45) is 5.92 Å². The Balaban J connectivity index is 3.23. The third kappa shape index (κ3) is 5.28. The molecule has 0 aliphatic carbocycles. The van der Waals surface area contributed by atoms with Gasteiger partial charge in [0, 0.05) is 4.47 Å². The second kappa shape index (κ2) is 8.94. The van der Waals surface area contributed by atoms with Gasteiger partial charge in [-0.2, -0.15) is 0 Å². The van der Waals surface area contributed by atoms with Gasteiger partial charge in [-0.25, -0.2) is 13.1 Å². The van der Waals surface area contributed by atoms with E-state index in [1.54, 1.807) is 24.3 Å². The molecule has 134 valence electrons. The van der Waals surface area contributed by atoms with E-state index in [4.69, 9.17) is 0 Å². The monoisotopic (exact) mass is 415 g/mol. The van der Waals surface area contributed by atoms with E-state index in [1.807, 2.05) is 13.8 Å². The normalized spacial score (nSPS) is 14.8. The molecule has 1 rings (SSSR count). The van der Waals surface area contributed by atoms with Crippen molar-refractivity contribution >= 4 is 26.0 Å². The molecular formula is C18H26BrNO3S. The van der Waals surface area contributed by atoms with E-state index in [0.29, 0.717) is 0 Å². The van der Waals surface area contributed by atoms with Crippen molar-refractivity contribution in [3.05, 3.63) is 54.0 Å². The second-order valence-electron chi connectivity index (χ2n) is 6.03. The minimum absolute atomic E-state index is 0.0554. The number of halogens is 1. The maximum atomic E-state index is 12.7. The van der Waals surface area contributed by atoms with Gasteiger partial charge in [-0.3, -0.25) is 0 Å². The van der Waals surface area contributed by atoms with Gasteiger partial charge >= 0.3 is 0 Å². The lowest BCUT2D eigenvalue weighted by molar-refractivity contribution is -0.00403. The highest BCUT2D eigenvalue weighted by molar-refractivity contribution is 9.10. The van der Waals surface area contributed by atoms with Crippen LogP contribution in [-0.2, 0) is 10.0 Å². The molecule has 0 aliphatic rings. The SMILES string of the molecule is C=CCC(O)(CC=C)C(NS(=O)(=O)c1ccc(Br)cc1)C(C)CC. The molecular weight excluding hydrogens is 390 g/mol. The fourth-order valence-corrected chi connectivity index (χ4v) is 4.36. The van der Waals surface area contributed by atoms with E-state index < -0.39 is 21.7 Å². The Morgan fingerprint density at radius 2 is 1.75 bits per heavy atom. The molecule has 0 amide bonds. The summed E-state index contributed by atoms with van der Waals surface area (Å²) in [7, 11) is -3.75. The van der Waals surface area contributed by atoms with Gasteiger partial charge in [0.1, 0.15) is 0 Å². The fraction of sp³-hybridized carbons (Fsp3) is 0.444. The van der Waals surface area contributed by atoms with Gasteiger partial charge in [0.25, 0.3) is 0 Å². The molecule has 2 unspecified atom stereocenters. The van der Waals surface area contributed by atoms with Crippen molar-refractivity contribution in [3.63, 3.8) is 0 Å². The van der Waals surface area contributed by atoms with Crippen LogP contribution in [0.2, 0.25) is 0 Å². The minimum atomic E-state index is -3.75. The van der Waals surface area contributed by atoms with Crippen LogP contribution >= 0.6 is 15.9 Å². The topological polar surface area (TPSA) is 66.4 Å². The zero-order valence-electron chi connectivity index (χ0n) is 14.2. The molecule has 1 aromatic carbocycles. The summed E-state index contributed by atoms with van der Waals surface area (Å²) < 4.78 is 29.0. The second-order valence-corrected chi connectivity index (χ2v) is 8.66. The van der Waals surface area contributed by atoms with Crippen LogP contribution in [0.15, 0.2) is 58.9 Å². The summed E-state index contributed by atoms with van der Waals surface area (Å²) in [4.78, 5) is 0.165. The van der Waals surface area contributed by atoms with E-state index in [2.05, 4.69) is 33.8 Å². The van der Waals surface area contributed by atoms with Gasteiger partial charge in [0.15, 0.2) is 0 Å². The molecule has 4 nitrogen and oxygen atoms in total. The molecule has 0 saturated heterocycles. The average Bonchev–Trinajstić information content (AvgIpc) is 2.53. The Bertz CT molecular complexity index is 645. The first-order valence-corrected chi connectivity index (χ1v) is 10.2. The van der Waals surface area contributed by atoms with Crippen molar-refractivity contribution in [1.82, 2.24) is 4.72 Å². The highest BCUT2D eigenvalue weighted by Gasteiger charge is 2.40. The first-order valence-electron chi connectivity index (χ1n) is 7.92. The molecule has 6 heteroatoms. The summed E-state index contributed by atoms with van der Waals surface area (Å²) in [6.07, 6.45) is 4.48. The Hall–Kier alpha value is -0.950. The summed E-state index contributed by atoms with van der Waals surface area (Å²) in [5.41, 5.74) is -1.26. The van der Waals surface area contributed by atoms with Crippen LogP contribution in [0.5, 0.6) is 0 Å². The van der Waals surface area contributed by atoms with Gasteiger partial charge in [-0.05, 0) is 43.0 Å². The van der Waals surface area contributed by atoms with Gasteiger partial charge < -0.3 is 5.11 Å². The lowest BCUT2D eigenvalue weighted by atomic mass is 9.80. The van der Waals surface area contributed by atoms with Crippen LogP contribution in [0, 0.1) is 5.92 Å².